The molecule has 3 aromatic rings. The van der Waals surface area contributed by atoms with Gasteiger partial charge in [-0.2, -0.15) is 0 Å². The van der Waals surface area contributed by atoms with Crippen molar-refractivity contribution < 1.29 is 9.53 Å². The van der Waals surface area contributed by atoms with E-state index in [1.807, 2.05) is 66.7 Å². The molecule has 1 N–H and O–H groups in total. The number of hydrogen-bond donors (Lipinski definition) is 1. The number of anilines is 1. The number of carbonyl (C=O) groups is 1. The van der Waals surface area contributed by atoms with Crippen molar-refractivity contribution in [3.05, 3.63) is 93.6 Å². The molecule has 0 unspecified atom stereocenters. The molecule has 3 aromatic carbocycles. The van der Waals surface area contributed by atoms with Gasteiger partial charge in [-0.1, -0.05) is 48.5 Å². The molecule has 0 aromatic heterocycles. The van der Waals surface area contributed by atoms with Crippen LogP contribution in [0.2, 0.25) is 0 Å². The smallest absolute Gasteiger partial charge is 0.255 e. The van der Waals surface area contributed by atoms with Gasteiger partial charge in [0.25, 0.3) is 5.91 Å². The number of ether oxygens (including phenoxy) is 1. The van der Waals surface area contributed by atoms with Gasteiger partial charge in [-0.05, 0) is 58.5 Å². The molecular formula is C20H16INO2. The minimum atomic E-state index is -0.149. The quantitative estimate of drug-likeness (QED) is 0.572. The van der Waals surface area contributed by atoms with E-state index in [9.17, 15) is 4.79 Å². The van der Waals surface area contributed by atoms with E-state index in [0.717, 1.165) is 14.8 Å². The fourth-order valence-electron chi connectivity index (χ4n) is 2.23. The molecule has 4 heteroatoms. The van der Waals surface area contributed by atoms with Crippen LogP contribution in [0.25, 0.3) is 0 Å². The van der Waals surface area contributed by atoms with Crippen LogP contribution < -0.4 is 10.1 Å². The van der Waals surface area contributed by atoms with Gasteiger partial charge >= 0.3 is 0 Å². The van der Waals surface area contributed by atoms with Crippen LogP contribution in [0.15, 0.2) is 78.9 Å². The molecule has 0 saturated heterocycles. The molecule has 0 fully saturated rings. The minimum absolute atomic E-state index is 0.149. The first-order valence-electron chi connectivity index (χ1n) is 7.55. The van der Waals surface area contributed by atoms with Crippen LogP contribution in [-0.2, 0) is 6.61 Å². The molecule has 0 aliphatic carbocycles. The highest BCUT2D eigenvalue weighted by Gasteiger charge is 2.09. The van der Waals surface area contributed by atoms with Crippen LogP contribution in [-0.4, -0.2) is 5.91 Å². The van der Waals surface area contributed by atoms with Crippen LogP contribution in [0, 0.1) is 3.57 Å². The molecule has 0 saturated carbocycles. The number of halogens is 1. The van der Waals surface area contributed by atoms with Crippen LogP contribution in [0.5, 0.6) is 5.75 Å². The number of rotatable bonds is 5. The summed E-state index contributed by atoms with van der Waals surface area (Å²) in [6.45, 7) is 0.475. The van der Waals surface area contributed by atoms with E-state index < -0.39 is 0 Å². The van der Waals surface area contributed by atoms with Gasteiger partial charge in [-0.15, -0.1) is 0 Å². The summed E-state index contributed by atoms with van der Waals surface area (Å²) >= 11 is 2.20. The van der Waals surface area contributed by atoms with Crippen molar-refractivity contribution in [2.45, 2.75) is 6.61 Å². The third kappa shape index (κ3) is 4.35. The van der Waals surface area contributed by atoms with Crippen molar-refractivity contribution in [2.24, 2.45) is 0 Å². The van der Waals surface area contributed by atoms with Gasteiger partial charge in [0, 0.05) is 9.13 Å². The molecule has 0 radical (unpaired) electrons. The average molecular weight is 429 g/mol. The summed E-state index contributed by atoms with van der Waals surface area (Å²) in [6.07, 6.45) is 0. The van der Waals surface area contributed by atoms with Crippen molar-refractivity contribution in [1.29, 1.82) is 0 Å². The number of hydrogen-bond acceptors (Lipinski definition) is 2. The molecule has 0 aliphatic rings. The third-order valence-corrected chi connectivity index (χ3v) is 4.41. The first kappa shape index (κ1) is 16.5. The lowest BCUT2D eigenvalue weighted by molar-refractivity contribution is 0.102. The highest BCUT2D eigenvalue weighted by Crippen LogP contribution is 2.20. The topological polar surface area (TPSA) is 38.3 Å². The van der Waals surface area contributed by atoms with Crippen molar-refractivity contribution >= 4 is 34.2 Å². The van der Waals surface area contributed by atoms with Crippen LogP contribution in [0.4, 0.5) is 5.69 Å². The molecule has 3 rings (SSSR count). The Labute approximate surface area is 154 Å². The van der Waals surface area contributed by atoms with Crippen molar-refractivity contribution in [3.8, 4) is 5.75 Å². The molecular weight excluding hydrogens is 413 g/mol. The molecule has 1 amide bonds. The Bertz CT molecular complexity index is 834. The second-order valence-corrected chi connectivity index (χ2v) is 6.40. The first-order chi connectivity index (χ1) is 11.7. The normalized spacial score (nSPS) is 10.2. The molecule has 0 atom stereocenters. The van der Waals surface area contributed by atoms with Crippen molar-refractivity contribution in [1.82, 2.24) is 0 Å². The highest BCUT2D eigenvalue weighted by molar-refractivity contribution is 14.1. The maximum Gasteiger partial charge on any atom is 0.255 e. The van der Waals surface area contributed by atoms with E-state index in [-0.39, 0.29) is 5.91 Å². The summed E-state index contributed by atoms with van der Waals surface area (Å²) in [5, 5.41) is 2.93. The molecule has 24 heavy (non-hydrogen) atoms. The number of amides is 1. The molecule has 0 bridgehead atoms. The maximum atomic E-state index is 12.4. The van der Waals surface area contributed by atoms with Gasteiger partial charge in [0.1, 0.15) is 12.4 Å². The minimum Gasteiger partial charge on any atom is -0.489 e. The number of benzene rings is 3. The van der Waals surface area contributed by atoms with Crippen LogP contribution in [0.1, 0.15) is 15.9 Å². The lowest BCUT2D eigenvalue weighted by atomic mass is 10.2. The van der Waals surface area contributed by atoms with Gasteiger partial charge in [-0.3, -0.25) is 4.79 Å². The second kappa shape index (κ2) is 7.97. The van der Waals surface area contributed by atoms with E-state index in [0.29, 0.717) is 17.9 Å². The zero-order valence-corrected chi connectivity index (χ0v) is 15.1. The van der Waals surface area contributed by atoms with Gasteiger partial charge in [0.05, 0.1) is 5.69 Å². The second-order valence-electron chi connectivity index (χ2n) is 5.24. The third-order valence-electron chi connectivity index (χ3n) is 3.47. The SMILES string of the molecule is O=C(Nc1ccccc1I)c1cccc(OCc2ccccc2)c1. The molecule has 0 heterocycles. The Kier molecular flexibility index (Phi) is 5.48. The lowest BCUT2D eigenvalue weighted by Crippen LogP contribution is -2.12. The summed E-state index contributed by atoms with van der Waals surface area (Å²) in [5.74, 6) is 0.526. The van der Waals surface area contributed by atoms with E-state index in [2.05, 4.69) is 27.9 Å². The van der Waals surface area contributed by atoms with Gasteiger partial charge in [-0.25, -0.2) is 0 Å². The Morgan fingerprint density at radius 3 is 2.46 bits per heavy atom. The summed E-state index contributed by atoms with van der Waals surface area (Å²) in [6, 6.07) is 24.8. The van der Waals surface area contributed by atoms with E-state index in [4.69, 9.17) is 4.74 Å². The Morgan fingerprint density at radius 1 is 0.917 bits per heavy atom. The number of carbonyl (C=O) groups excluding carboxylic acids is 1. The van der Waals surface area contributed by atoms with E-state index in [1.165, 1.54) is 0 Å². The average Bonchev–Trinajstić information content (AvgIpc) is 2.63. The maximum absolute atomic E-state index is 12.4. The predicted octanol–water partition coefficient (Wildman–Crippen LogP) is 5.12. The summed E-state index contributed by atoms with van der Waals surface area (Å²) in [7, 11) is 0. The van der Waals surface area contributed by atoms with Crippen molar-refractivity contribution in [2.75, 3.05) is 5.32 Å². The van der Waals surface area contributed by atoms with E-state index in [1.54, 1.807) is 12.1 Å². The zero-order chi connectivity index (χ0) is 16.8. The largest absolute Gasteiger partial charge is 0.489 e. The van der Waals surface area contributed by atoms with Gasteiger partial charge in [0.2, 0.25) is 0 Å². The fraction of sp³-hybridized carbons (Fsp3) is 0.0500. The standard InChI is InChI=1S/C20H16INO2/c21-18-11-4-5-12-19(18)22-20(23)16-9-6-10-17(13-16)24-14-15-7-2-1-3-8-15/h1-13H,14H2,(H,22,23). The number of nitrogens with one attached hydrogen (secondary N) is 1. The van der Waals surface area contributed by atoms with Crippen LogP contribution >= 0.6 is 22.6 Å². The monoisotopic (exact) mass is 429 g/mol. The predicted molar refractivity (Wildman–Crippen MR) is 104 cm³/mol. The van der Waals surface area contributed by atoms with E-state index >= 15 is 0 Å². The molecule has 3 nitrogen and oxygen atoms in total. The summed E-state index contributed by atoms with van der Waals surface area (Å²) < 4.78 is 6.78. The molecule has 0 spiro atoms. The summed E-state index contributed by atoms with van der Waals surface area (Å²) in [5.41, 5.74) is 2.46. The van der Waals surface area contributed by atoms with Crippen LogP contribution in [0.3, 0.4) is 0 Å². The summed E-state index contributed by atoms with van der Waals surface area (Å²) in [4.78, 5) is 12.4. The highest BCUT2D eigenvalue weighted by atomic mass is 127. The molecule has 120 valence electrons. The number of para-hydroxylation sites is 1. The Morgan fingerprint density at radius 2 is 1.67 bits per heavy atom. The molecule has 0 aliphatic heterocycles. The van der Waals surface area contributed by atoms with Gasteiger partial charge in [0.15, 0.2) is 0 Å². The lowest BCUT2D eigenvalue weighted by Gasteiger charge is -2.10. The fourth-order valence-corrected chi connectivity index (χ4v) is 2.75. The van der Waals surface area contributed by atoms with Gasteiger partial charge < -0.3 is 10.1 Å². The first-order valence-corrected chi connectivity index (χ1v) is 8.63. The Hall–Kier alpha value is -2.34. The van der Waals surface area contributed by atoms with Crippen molar-refractivity contribution in [3.63, 3.8) is 0 Å². The zero-order valence-electron chi connectivity index (χ0n) is 12.9. The Balaban J connectivity index is 1.68.